The van der Waals surface area contributed by atoms with Gasteiger partial charge in [0.2, 0.25) is 0 Å². The fraction of sp³-hybridized carbons (Fsp3) is 0. The molecular weight excluding hydrogens is 316 g/mol. The van der Waals surface area contributed by atoms with Crippen molar-refractivity contribution in [3.63, 3.8) is 0 Å². The van der Waals surface area contributed by atoms with Crippen molar-refractivity contribution in [2.24, 2.45) is 0 Å². The molecule has 0 aliphatic rings. The van der Waals surface area contributed by atoms with E-state index in [1.165, 1.54) is 0 Å². The fourth-order valence-corrected chi connectivity index (χ4v) is 1.75. The number of halogens is 2. The third-order valence-electron chi connectivity index (χ3n) is 2.20. The molecule has 0 saturated carbocycles. The van der Waals surface area contributed by atoms with Crippen LogP contribution in [0.2, 0.25) is 5.02 Å². The summed E-state index contributed by atoms with van der Waals surface area (Å²) in [6.07, 6.45) is 0. The molecule has 2 amide bonds. The molecule has 0 aliphatic carbocycles. The normalized spacial score (nSPS) is 9.89. The molecule has 0 radical (unpaired) electrons. The summed E-state index contributed by atoms with van der Waals surface area (Å²) in [6.45, 7) is 0. The number of anilines is 2. The Morgan fingerprint density at radius 2 is 1.33 bits per heavy atom. The monoisotopic (exact) mass is 324 g/mol. The maximum absolute atomic E-state index is 11.7. The molecular formula is C13H10BrClN2O. The zero-order chi connectivity index (χ0) is 13.0. The van der Waals surface area contributed by atoms with Crippen LogP contribution >= 0.6 is 27.5 Å². The lowest BCUT2D eigenvalue weighted by Crippen LogP contribution is -2.19. The van der Waals surface area contributed by atoms with Crippen molar-refractivity contribution in [1.29, 1.82) is 0 Å². The van der Waals surface area contributed by atoms with Crippen LogP contribution < -0.4 is 10.6 Å². The van der Waals surface area contributed by atoms with Crippen LogP contribution in [0.3, 0.4) is 0 Å². The molecule has 0 fully saturated rings. The first-order valence-electron chi connectivity index (χ1n) is 5.22. The van der Waals surface area contributed by atoms with Crippen LogP contribution in [0.1, 0.15) is 0 Å². The number of hydrogen-bond acceptors (Lipinski definition) is 1. The van der Waals surface area contributed by atoms with Gasteiger partial charge in [-0.15, -0.1) is 0 Å². The molecule has 0 atom stereocenters. The van der Waals surface area contributed by atoms with E-state index in [0.717, 1.165) is 10.2 Å². The van der Waals surface area contributed by atoms with Crippen molar-refractivity contribution < 1.29 is 4.79 Å². The third kappa shape index (κ3) is 3.75. The molecule has 5 heteroatoms. The van der Waals surface area contributed by atoms with E-state index in [9.17, 15) is 4.79 Å². The molecule has 0 heterocycles. The van der Waals surface area contributed by atoms with E-state index in [2.05, 4.69) is 26.6 Å². The predicted octanol–water partition coefficient (Wildman–Crippen LogP) is 4.75. The molecule has 0 aromatic heterocycles. The highest BCUT2D eigenvalue weighted by Gasteiger charge is 2.02. The highest BCUT2D eigenvalue weighted by molar-refractivity contribution is 9.10. The highest BCUT2D eigenvalue weighted by atomic mass is 79.9. The van der Waals surface area contributed by atoms with Crippen molar-refractivity contribution in [2.75, 3.05) is 10.6 Å². The lowest BCUT2D eigenvalue weighted by atomic mass is 10.3. The summed E-state index contributed by atoms with van der Waals surface area (Å²) >= 11 is 9.09. The van der Waals surface area contributed by atoms with Crippen LogP contribution in [-0.4, -0.2) is 6.03 Å². The maximum atomic E-state index is 11.7. The van der Waals surface area contributed by atoms with Gasteiger partial charge in [0.15, 0.2) is 0 Å². The minimum absolute atomic E-state index is 0.292. The van der Waals surface area contributed by atoms with Crippen LogP contribution in [-0.2, 0) is 0 Å². The van der Waals surface area contributed by atoms with Crippen molar-refractivity contribution in [2.45, 2.75) is 0 Å². The molecule has 0 spiro atoms. The number of rotatable bonds is 2. The molecule has 2 aromatic carbocycles. The Morgan fingerprint density at radius 1 is 0.889 bits per heavy atom. The molecule has 2 N–H and O–H groups in total. The first-order chi connectivity index (χ1) is 8.63. The zero-order valence-corrected chi connectivity index (χ0v) is 11.6. The molecule has 0 bridgehead atoms. The van der Waals surface area contributed by atoms with E-state index in [-0.39, 0.29) is 6.03 Å². The van der Waals surface area contributed by atoms with Gasteiger partial charge in [-0.05, 0) is 48.5 Å². The molecule has 3 nitrogen and oxygen atoms in total. The van der Waals surface area contributed by atoms with Crippen LogP contribution in [0.5, 0.6) is 0 Å². The summed E-state index contributed by atoms with van der Waals surface area (Å²) in [7, 11) is 0. The van der Waals surface area contributed by atoms with Gasteiger partial charge in [-0.3, -0.25) is 0 Å². The topological polar surface area (TPSA) is 41.1 Å². The van der Waals surface area contributed by atoms with Gasteiger partial charge in [0.1, 0.15) is 0 Å². The molecule has 92 valence electrons. The maximum Gasteiger partial charge on any atom is 0.323 e. The van der Waals surface area contributed by atoms with Crippen molar-refractivity contribution >= 4 is 44.9 Å². The van der Waals surface area contributed by atoms with Gasteiger partial charge in [-0.25, -0.2) is 4.79 Å². The molecule has 0 aliphatic heterocycles. The number of benzene rings is 2. The van der Waals surface area contributed by atoms with Crippen LogP contribution in [0.4, 0.5) is 16.2 Å². The zero-order valence-electron chi connectivity index (χ0n) is 9.28. The number of hydrogen-bond donors (Lipinski definition) is 2. The highest BCUT2D eigenvalue weighted by Crippen LogP contribution is 2.16. The smallest absolute Gasteiger partial charge is 0.308 e. The largest absolute Gasteiger partial charge is 0.323 e. The van der Waals surface area contributed by atoms with Crippen molar-refractivity contribution in [3.05, 3.63) is 58.0 Å². The molecule has 18 heavy (non-hydrogen) atoms. The number of nitrogens with one attached hydrogen (secondary N) is 2. The van der Waals surface area contributed by atoms with Crippen LogP contribution in [0, 0.1) is 0 Å². The fourth-order valence-electron chi connectivity index (χ4n) is 1.36. The number of amides is 2. The second kappa shape index (κ2) is 5.89. The SMILES string of the molecule is O=C(Nc1ccc(Cl)cc1)Nc1ccc(Br)cc1. The van der Waals surface area contributed by atoms with Gasteiger partial charge >= 0.3 is 6.03 Å². The van der Waals surface area contributed by atoms with Crippen molar-refractivity contribution in [3.8, 4) is 0 Å². The van der Waals surface area contributed by atoms with E-state index >= 15 is 0 Å². The number of urea groups is 1. The van der Waals surface area contributed by atoms with E-state index in [0.29, 0.717) is 10.7 Å². The average molecular weight is 326 g/mol. The van der Waals surface area contributed by atoms with Gasteiger partial charge in [-0.2, -0.15) is 0 Å². The lowest BCUT2D eigenvalue weighted by molar-refractivity contribution is 0.262. The standard InChI is InChI=1S/C13H10BrClN2O/c14-9-1-5-11(6-2-9)16-13(18)17-12-7-3-10(15)4-8-12/h1-8H,(H2,16,17,18). The Balaban J connectivity index is 1.96. The average Bonchev–Trinajstić information content (AvgIpc) is 2.35. The van der Waals surface area contributed by atoms with E-state index in [1.807, 2.05) is 24.3 Å². The van der Waals surface area contributed by atoms with E-state index in [4.69, 9.17) is 11.6 Å². The summed E-state index contributed by atoms with van der Waals surface area (Å²) < 4.78 is 0.964. The second-order valence-electron chi connectivity index (χ2n) is 3.59. The minimum Gasteiger partial charge on any atom is -0.308 e. The summed E-state index contributed by atoms with van der Waals surface area (Å²) in [6, 6.07) is 14.0. The van der Waals surface area contributed by atoms with Gasteiger partial charge in [0, 0.05) is 20.9 Å². The molecule has 2 rings (SSSR count). The quantitative estimate of drug-likeness (QED) is 0.822. The van der Waals surface area contributed by atoms with Gasteiger partial charge < -0.3 is 10.6 Å². The summed E-state index contributed by atoms with van der Waals surface area (Å²) in [5.41, 5.74) is 1.42. The molecule has 0 saturated heterocycles. The summed E-state index contributed by atoms with van der Waals surface area (Å²) in [5.74, 6) is 0. The predicted molar refractivity (Wildman–Crippen MR) is 78.2 cm³/mol. The molecule has 2 aromatic rings. The van der Waals surface area contributed by atoms with E-state index < -0.39 is 0 Å². The van der Waals surface area contributed by atoms with Crippen LogP contribution in [0.25, 0.3) is 0 Å². The van der Waals surface area contributed by atoms with Crippen LogP contribution in [0.15, 0.2) is 53.0 Å². The Kier molecular flexibility index (Phi) is 4.23. The number of carbonyl (C=O) groups excluding carboxylic acids is 1. The lowest BCUT2D eigenvalue weighted by Gasteiger charge is -2.07. The summed E-state index contributed by atoms with van der Waals surface area (Å²) in [4.78, 5) is 11.7. The molecule has 0 unspecified atom stereocenters. The van der Waals surface area contributed by atoms with Gasteiger partial charge in [0.25, 0.3) is 0 Å². The number of carbonyl (C=O) groups is 1. The van der Waals surface area contributed by atoms with Gasteiger partial charge in [0.05, 0.1) is 0 Å². The Hall–Kier alpha value is -1.52. The Bertz CT molecular complexity index is 490. The third-order valence-corrected chi connectivity index (χ3v) is 2.98. The first-order valence-corrected chi connectivity index (χ1v) is 6.40. The van der Waals surface area contributed by atoms with Gasteiger partial charge in [-0.1, -0.05) is 27.5 Å². The summed E-state index contributed by atoms with van der Waals surface area (Å²) in [5, 5.41) is 6.07. The Labute approximate surface area is 118 Å². The minimum atomic E-state index is -0.292. The second-order valence-corrected chi connectivity index (χ2v) is 4.95. The Morgan fingerprint density at radius 3 is 1.83 bits per heavy atom. The van der Waals surface area contributed by atoms with E-state index in [1.54, 1.807) is 24.3 Å². The van der Waals surface area contributed by atoms with Crippen molar-refractivity contribution in [1.82, 2.24) is 0 Å². The first kappa shape index (κ1) is 12.9.